The van der Waals surface area contributed by atoms with E-state index in [1.807, 2.05) is 0 Å². The van der Waals surface area contributed by atoms with Crippen LogP contribution in [0.4, 0.5) is 13.2 Å². The van der Waals surface area contributed by atoms with Gasteiger partial charge in [-0.3, -0.25) is 4.79 Å². The van der Waals surface area contributed by atoms with Crippen LogP contribution in [0.3, 0.4) is 0 Å². The van der Waals surface area contributed by atoms with Gasteiger partial charge in [0.05, 0.1) is 15.8 Å². The first-order valence-electron chi connectivity index (χ1n) is 4.15. The molecule has 0 saturated heterocycles. The van der Waals surface area contributed by atoms with Crippen LogP contribution in [0.1, 0.15) is 16.1 Å². The van der Waals surface area contributed by atoms with Gasteiger partial charge in [-0.05, 0) is 17.5 Å². The minimum atomic E-state index is -4.68. The van der Waals surface area contributed by atoms with Crippen LogP contribution in [0, 0.1) is 0 Å². The minimum Gasteiger partial charge on any atom is -0.366 e. The van der Waals surface area contributed by atoms with Crippen LogP contribution in [0.15, 0.2) is 17.5 Å². The Labute approximate surface area is 91.7 Å². The second-order valence-electron chi connectivity index (χ2n) is 3.05. The molecule has 2 N–H and O–H groups in total. The molecule has 2 aromatic rings. The van der Waals surface area contributed by atoms with Crippen molar-refractivity contribution in [3.05, 3.63) is 28.8 Å². The zero-order valence-corrected chi connectivity index (χ0v) is 8.52. The molecule has 0 saturated carbocycles. The van der Waals surface area contributed by atoms with Crippen molar-refractivity contribution in [2.24, 2.45) is 5.73 Å². The Kier molecular flexibility index (Phi) is 2.34. The van der Waals surface area contributed by atoms with Gasteiger partial charge in [0.2, 0.25) is 0 Å². The number of hydrogen-bond acceptors (Lipinski definition) is 3. The fraction of sp³-hybridized carbons (Fsp3) is 0.111. The maximum absolute atomic E-state index is 12.6. The van der Waals surface area contributed by atoms with E-state index < -0.39 is 23.3 Å². The first-order chi connectivity index (χ1) is 7.39. The molecule has 0 aliphatic carbocycles. The van der Waals surface area contributed by atoms with E-state index in [1.165, 1.54) is 17.4 Å². The highest BCUT2D eigenvalue weighted by Crippen LogP contribution is 2.33. The van der Waals surface area contributed by atoms with Crippen molar-refractivity contribution in [1.82, 2.24) is 4.98 Å². The molecule has 0 aliphatic rings. The molecule has 7 heteroatoms. The van der Waals surface area contributed by atoms with Crippen molar-refractivity contribution >= 4 is 27.5 Å². The summed E-state index contributed by atoms with van der Waals surface area (Å²) in [5, 5.41) is 1.60. The number of nitrogens with zero attached hydrogens (tertiary/aromatic N) is 1. The fourth-order valence-electron chi connectivity index (χ4n) is 1.30. The number of hydrogen-bond donors (Lipinski definition) is 1. The number of alkyl halides is 3. The molecule has 2 heterocycles. The number of nitrogens with two attached hydrogens (primary N) is 1. The molecule has 0 aromatic carbocycles. The third-order valence-corrected chi connectivity index (χ3v) is 2.82. The predicted octanol–water partition coefficient (Wildman–Crippen LogP) is 2.41. The second kappa shape index (κ2) is 3.44. The zero-order chi connectivity index (χ0) is 11.9. The molecular formula is C9H5F3N2OS. The Morgan fingerprint density at radius 2 is 2.12 bits per heavy atom. The van der Waals surface area contributed by atoms with Gasteiger partial charge in [0.1, 0.15) is 0 Å². The van der Waals surface area contributed by atoms with Crippen molar-refractivity contribution in [3.8, 4) is 0 Å². The lowest BCUT2D eigenvalue weighted by molar-refractivity contribution is -0.141. The van der Waals surface area contributed by atoms with Gasteiger partial charge in [-0.1, -0.05) is 0 Å². The summed E-state index contributed by atoms with van der Waals surface area (Å²) in [4.78, 5) is 14.3. The summed E-state index contributed by atoms with van der Waals surface area (Å²) in [5.41, 5.74) is 3.28. The molecule has 2 rings (SSSR count). The Morgan fingerprint density at radius 3 is 2.69 bits per heavy atom. The van der Waals surface area contributed by atoms with Crippen molar-refractivity contribution in [2.45, 2.75) is 6.18 Å². The number of rotatable bonds is 1. The quantitative estimate of drug-likeness (QED) is 0.840. The monoisotopic (exact) mass is 246 g/mol. The van der Waals surface area contributed by atoms with Gasteiger partial charge in [-0.2, -0.15) is 13.2 Å². The summed E-state index contributed by atoms with van der Waals surface area (Å²) in [6.45, 7) is 0. The summed E-state index contributed by atoms with van der Waals surface area (Å²) in [5.74, 6) is -1.13. The predicted molar refractivity (Wildman–Crippen MR) is 53.1 cm³/mol. The van der Waals surface area contributed by atoms with E-state index in [0.29, 0.717) is 4.70 Å². The van der Waals surface area contributed by atoms with Crippen LogP contribution in [-0.2, 0) is 6.18 Å². The summed E-state index contributed by atoms with van der Waals surface area (Å²) in [6, 6.07) is 2.58. The summed E-state index contributed by atoms with van der Waals surface area (Å²) >= 11 is 1.20. The number of fused-ring (bicyclic) bond motifs is 1. The van der Waals surface area contributed by atoms with Gasteiger partial charge in [-0.25, -0.2) is 4.98 Å². The van der Waals surface area contributed by atoms with E-state index in [9.17, 15) is 18.0 Å². The van der Waals surface area contributed by atoms with Crippen molar-refractivity contribution in [2.75, 3.05) is 0 Å². The number of carbonyl (C=O) groups is 1. The molecule has 3 nitrogen and oxygen atoms in total. The molecular weight excluding hydrogens is 241 g/mol. The summed E-state index contributed by atoms with van der Waals surface area (Å²) < 4.78 is 38.2. The molecule has 0 atom stereocenters. The van der Waals surface area contributed by atoms with Crippen LogP contribution in [-0.4, -0.2) is 10.9 Å². The highest BCUT2D eigenvalue weighted by atomic mass is 32.1. The van der Waals surface area contributed by atoms with E-state index in [1.54, 1.807) is 5.38 Å². The summed E-state index contributed by atoms with van der Waals surface area (Å²) in [6.07, 6.45) is -4.68. The van der Waals surface area contributed by atoms with Gasteiger partial charge in [-0.15, -0.1) is 11.3 Å². The van der Waals surface area contributed by atoms with E-state index in [2.05, 4.69) is 4.98 Å². The number of carbonyl (C=O) groups excluding carboxylic acids is 1. The average molecular weight is 246 g/mol. The molecule has 0 spiro atoms. The first-order valence-corrected chi connectivity index (χ1v) is 5.03. The van der Waals surface area contributed by atoms with Gasteiger partial charge < -0.3 is 5.73 Å². The van der Waals surface area contributed by atoms with Crippen LogP contribution >= 0.6 is 11.3 Å². The number of thiophene rings is 1. The second-order valence-corrected chi connectivity index (χ2v) is 4.00. The molecule has 0 fully saturated rings. The molecule has 0 unspecified atom stereocenters. The van der Waals surface area contributed by atoms with Gasteiger partial charge in [0.25, 0.3) is 5.91 Å². The lowest BCUT2D eigenvalue weighted by Crippen LogP contribution is -2.20. The minimum absolute atomic E-state index is 0.210. The summed E-state index contributed by atoms with van der Waals surface area (Å²) in [7, 11) is 0. The first kappa shape index (κ1) is 10.9. The van der Waals surface area contributed by atoms with E-state index in [0.717, 1.165) is 6.07 Å². The largest absolute Gasteiger partial charge is 0.434 e. The van der Waals surface area contributed by atoms with Crippen LogP contribution in [0.5, 0.6) is 0 Å². The van der Waals surface area contributed by atoms with Gasteiger partial charge in [0, 0.05) is 0 Å². The molecule has 84 valence electrons. The van der Waals surface area contributed by atoms with E-state index in [4.69, 9.17) is 5.73 Å². The Morgan fingerprint density at radius 1 is 1.44 bits per heavy atom. The number of amides is 1. The van der Waals surface area contributed by atoms with Crippen LogP contribution in [0.2, 0.25) is 0 Å². The Balaban J connectivity index is 2.77. The average Bonchev–Trinajstić information content (AvgIpc) is 2.60. The lowest BCUT2D eigenvalue weighted by Gasteiger charge is -2.09. The van der Waals surface area contributed by atoms with E-state index >= 15 is 0 Å². The third kappa shape index (κ3) is 1.73. The molecule has 0 bridgehead atoms. The molecule has 0 radical (unpaired) electrons. The topological polar surface area (TPSA) is 56.0 Å². The lowest BCUT2D eigenvalue weighted by atomic mass is 10.1. The number of primary amides is 1. The van der Waals surface area contributed by atoms with Crippen molar-refractivity contribution in [1.29, 1.82) is 0 Å². The highest BCUT2D eigenvalue weighted by Gasteiger charge is 2.37. The normalized spacial score (nSPS) is 11.9. The maximum Gasteiger partial charge on any atom is 0.434 e. The Hall–Kier alpha value is -1.63. The number of halogens is 3. The zero-order valence-electron chi connectivity index (χ0n) is 7.71. The standard InChI is InChI=1S/C9H5F3N2OS/c10-9(11,12)7-4(8(13)15)3-6-5(14-7)1-2-16-6/h1-3H,(H2,13,15). The maximum atomic E-state index is 12.6. The third-order valence-electron chi connectivity index (χ3n) is 1.97. The fourth-order valence-corrected chi connectivity index (χ4v) is 2.06. The SMILES string of the molecule is NC(=O)c1cc2sccc2nc1C(F)(F)F. The molecule has 2 aromatic heterocycles. The van der Waals surface area contributed by atoms with Crippen molar-refractivity contribution in [3.63, 3.8) is 0 Å². The molecule has 1 amide bonds. The Bertz CT molecular complexity index is 561. The van der Waals surface area contributed by atoms with Crippen LogP contribution < -0.4 is 5.73 Å². The molecule has 0 aliphatic heterocycles. The smallest absolute Gasteiger partial charge is 0.366 e. The number of pyridine rings is 1. The van der Waals surface area contributed by atoms with Crippen LogP contribution in [0.25, 0.3) is 10.2 Å². The van der Waals surface area contributed by atoms with Gasteiger partial charge in [0.15, 0.2) is 5.69 Å². The van der Waals surface area contributed by atoms with Crippen molar-refractivity contribution < 1.29 is 18.0 Å². The number of aromatic nitrogens is 1. The molecule has 16 heavy (non-hydrogen) atoms. The van der Waals surface area contributed by atoms with Gasteiger partial charge >= 0.3 is 6.18 Å². The van der Waals surface area contributed by atoms with E-state index in [-0.39, 0.29) is 5.52 Å². The highest BCUT2D eigenvalue weighted by molar-refractivity contribution is 7.17.